The Balaban J connectivity index is 3.64. The highest BCUT2D eigenvalue weighted by Crippen LogP contribution is 2.30. The van der Waals surface area contributed by atoms with Gasteiger partial charge in [0.1, 0.15) is 17.2 Å². The highest BCUT2D eigenvalue weighted by molar-refractivity contribution is 5.90. The average molecular weight is 423 g/mol. The molecule has 0 saturated heterocycles. The van der Waals surface area contributed by atoms with E-state index in [0.29, 0.717) is 4.90 Å². The lowest BCUT2D eigenvalue weighted by Crippen LogP contribution is -2.51. The maximum Gasteiger partial charge on any atom is 0.420 e. The van der Waals surface area contributed by atoms with Crippen molar-refractivity contribution in [3.8, 4) is 0 Å². The third kappa shape index (κ3) is 7.73. The van der Waals surface area contributed by atoms with Crippen molar-refractivity contribution in [2.45, 2.75) is 71.8 Å². The molecule has 0 radical (unpaired) electrons. The summed E-state index contributed by atoms with van der Waals surface area (Å²) in [7, 11) is 0. The van der Waals surface area contributed by atoms with Crippen LogP contribution < -0.4 is 0 Å². The Hall–Kier alpha value is -3.10. The van der Waals surface area contributed by atoms with Crippen LogP contribution in [0.15, 0.2) is 30.3 Å². The molecule has 0 aliphatic rings. The highest BCUT2D eigenvalue weighted by atomic mass is 16.6. The van der Waals surface area contributed by atoms with E-state index in [0.717, 1.165) is 6.92 Å². The van der Waals surface area contributed by atoms with Crippen LogP contribution >= 0.6 is 0 Å². The largest absolute Gasteiger partial charge is 0.478 e. The third-order valence-electron chi connectivity index (χ3n) is 3.42. The smallest absolute Gasteiger partial charge is 0.420 e. The first-order valence-corrected chi connectivity index (χ1v) is 9.32. The van der Waals surface area contributed by atoms with Crippen LogP contribution in [0.5, 0.6) is 0 Å². The van der Waals surface area contributed by atoms with E-state index >= 15 is 0 Å². The summed E-state index contributed by atoms with van der Waals surface area (Å²) in [5.74, 6) is -2.44. The van der Waals surface area contributed by atoms with Gasteiger partial charge in [-0.15, -0.1) is 0 Å². The summed E-state index contributed by atoms with van der Waals surface area (Å²) in [6.07, 6.45) is -4.15. The number of imide groups is 1. The Labute approximate surface area is 175 Å². The standard InChI is InChI=1S/C21H29NO8/c1-13(23)28-16(17(24)25)15(14-11-9-8-10-12-14)22(18(26)29-20(2,3)4)19(27)30-21(5,6)7/h8-12,15-16H,1-7H3,(H,24,25)/t15-,16-/m1/s1. The Kier molecular flexibility index (Phi) is 7.98. The number of benzene rings is 1. The number of nitrogens with zero attached hydrogens (tertiary/aromatic N) is 1. The summed E-state index contributed by atoms with van der Waals surface area (Å²) in [4.78, 5) is 50.0. The van der Waals surface area contributed by atoms with Crippen LogP contribution in [0.25, 0.3) is 0 Å². The monoisotopic (exact) mass is 423 g/mol. The van der Waals surface area contributed by atoms with Gasteiger partial charge in [0.15, 0.2) is 0 Å². The van der Waals surface area contributed by atoms with Gasteiger partial charge in [-0.25, -0.2) is 19.3 Å². The zero-order chi connectivity index (χ0) is 23.3. The second kappa shape index (κ2) is 9.60. The van der Waals surface area contributed by atoms with Gasteiger partial charge in [0, 0.05) is 6.92 Å². The minimum absolute atomic E-state index is 0.239. The molecule has 0 fully saturated rings. The maximum atomic E-state index is 13.0. The number of carbonyl (C=O) groups excluding carboxylic acids is 3. The molecule has 0 bridgehead atoms. The zero-order valence-corrected chi connectivity index (χ0v) is 18.3. The first-order valence-electron chi connectivity index (χ1n) is 9.32. The normalized spacial score (nSPS) is 13.6. The van der Waals surface area contributed by atoms with Gasteiger partial charge in [-0.05, 0) is 47.1 Å². The van der Waals surface area contributed by atoms with E-state index in [4.69, 9.17) is 14.2 Å². The molecule has 0 spiro atoms. The number of carboxylic acid groups (broad SMARTS) is 1. The molecule has 0 aromatic heterocycles. The van der Waals surface area contributed by atoms with Crippen LogP contribution in [-0.4, -0.2) is 51.4 Å². The molecule has 9 nitrogen and oxygen atoms in total. The topological polar surface area (TPSA) is 119 Å². The predicted molar refractivity (Wildman–Crippen MR) is 107 cm³/mol. The van der Waals surface area contributed by atoms with Crippen LogP contribution in [0, 0.1) is 0 Å². The molecule has 30 heavy (non-hydrogen) atoms. The Bertz CT molecular complexity index is 748. The Morgan fingerprint density at radius 3 is 1.63 bits per heavy atom. The first kappa shape index (κ1) is 24.9. The Morgan fingerprint density at radius 2 is 1.30 bits per heavy atom. The molecule has 0 aliphatic heterocycles. The van der Waals surface area contributed by atoms with E-state index in [-0.39, 0.29) is 5.56 Å². The molecule has 9 heteroatoms. The van der Waals surface area contributed by atoms with Crippen LogP contribution in [0.2, 0.25) is 0 Å². The van der Waals surface area contributed by atoms with Crippen LogP contribution in [-0.2, 0) is 23.8 Å². The fourth-order valence-electron chi connectivity index (χ4n) is 2.46. The van der Waals surface area contributed by atoms with Crippen molar-refractivity contribution in [1.82, 2.24) is 4.90 Å². The van der Waals surface area contributed by atoms with E-state index in [1.54, 1.807) is 59.7 Å². The van der Waals surface area contributed by atoms with Gasteiger partial charge in [-0.3, -0.25) is 4.79 Å². The van der Waals surface area contributed by atoms with Crippen LogP contribution in [0.3, 0.4) is 0 Å². The molecule has 1 aromatic rings. The zero-order valence-electron chi connectivity index (χ0n) is 18.3. The number of esters is 1. The second-order valence-corrected chi connectivity index (χ2v) is 8.55. The first-order chi connectivity index (χ1) is 13.6. The lowest BCUT2D eigenvalue weighted by atomic mass is 9.99. The molecule has 0 saturated carbocycles. The molecule has 1 aromatic carbocycles. The molecule has 166 valence electrons. The molecule has 2 atom stereocenters. The molecule has 0 unspecified atom stereocenters. The molecule has 2 amide bonds. The number of carbonyl (C=O) groups is 4. The van der Waals surface area contributed by atoms with Crippen molar-refractivity contribution in [2.24, 2.45) is 0 Å². The highest BCUT2D eigenvalue weighted by Gasteiger charge is 2.45. The van der Waals surface area contributed by atoms with Crippen molar-refractivity contribution in [3.05, 3.63) is 35.9 Å². The summed E-state index contributed by atoms with van der Waals surface area (Å²) in [6, 6.07) is 6.34. The summed E-state index contributed by atoms with van der Waals surface area (Å²) in [6.45, 7) is 10.6. The van der Waals surface area contributed by atoms with Gasteiger partial charge in [-0.2, -0.15) is 0 Å². The van der Waals surface area contributed by atoms with Crippen molar-refractivity contribution in [3.63, 3.8) is 0 Å². The van der Waals surface area contributed by atoms with E-state index in [9.17, 15) is 24.3 Å². The SMILES string of the molecule is CC(=O)O[C@@H](C(=O)O)[C@@H](c1ccccc1)N(C(=O)OC(C)(C)C)C(=O)OC(C)(C)C. The molecule has 1 N–H and O–H groups in total. The average Bonchev–Trinajstić information content (AvgIpc) is 2.54. The van der Waals surface area contributed by atoms with Gasteiger partial charge in [0.05, 0.1) is 0 Å². The molecule has 1 rings (SSSR count). The third-order valence-corrected chi connectivity index (χ3v) is 3.42. The number of carboxylic acids is 1. The van der Waals surface area contributed by atoms with Gasteiger partial charge in [0.25, 0.3) is 0 Å². The lowest BCUT2D eigenvalue weighted by Gasteiger charge is -2.35. The second-order valence-electron chi connectivity index (χ2n) is 8.55. The van der Waals surface area contributed by atoms with Crippen molar-refractivity contribution in [1.29, 1.82) is 0 Å². The Morgan fingerprint density at radius 1 is 0.867 bits per heavy atom. The maximum absolute atomic E-state index is 13.0. The van der Waals surface area contributed by atoms with Crippen LogP contribution in [0.4, 0.5) is 9.59 Å². The minimum atomic E-state index is -1.88. The fraction of sp³-hybridized carbons (Fsp3) is 0.524. The van der Waals surface area contributed by atoms with E-state index in [1.165, 1.54) is 12.1 Å². The minimum Gasteiger partial charge on any atom is -0.478 e. The summed E-state index contributed by atoms with van der Waals surface area (Å²) in [5.41, 5.74) is -1.74. The van der Waals surface area contributed by atoms with E-state index < -0.39 is 47.5 Å². The number of hydrogen-bond donors (Lipinski definition) is 1. The summed E-state index contributed by atoms with van der Waals surface area (Å²) in [5, 5.41) is 9.72. The molecular weight excluding hydrogens is 394 g/mol. The molecule has 0 heterocycles. The van der Waals surface area contributed by atoms with Gasteiger partial charge < -0.3 is 19.3 Å². The fourth-order valence-corrected chi connectivity index (χ4v) is 2.46. The lowest BCUT2D eigenvalue weighted by molar-refractivity contribution is -0.167. The quantitative estimate of drug-likeness (QED) is 0.559. The number of hydrogen-bond acceptors (Lipinski definition) is 7. The summed E-state index contributed by atoms with van der Waals surface area (Å²) >= 11 is 0. The predicted octanol–water partition coefficient (Wildman–Crippen LogP) is 3.92. The van der Waals surface area contributed by atoms with Gasteiger partial charge >= 0.3 is 24.1 Å². The number of amides is 2. The van der Waals surface area contributed by atoms with Crippen LogP contribution in [0.1, 0.15) is 60.1 Å². The van der Waals surface area contributed by atoms with Crippen molar-refractivity contribution in [2.75, 3.05) is 0 Å². The van der Waals surface area contributed by atoms with E-state index in [1.807, 2.05) is 0 Å². The van der Waals surface area contributed by atoms with Crippen molar-refractivity contribution < 1.29 is 38.5 Å². The molecular formula is C21H29NO8. The molecule has 0 aliphatic carbocycles. The van der Waals surface area contributed by atoms with E-state index in [2.05, 4.69) is 0 Å². The number of aliphatic carboxylic acids is 1. The number of ether oxygens (including phenoxy) is 3. The van der Waals surface area contributed by atoms with Crippen molar-refractivity contribution >= 4 is 24.1 Å². The van der Waals surface area contributed by atoms with Gasteiger partial charge in [-0.1, -0.05) is 30.3 Å². The summed E-state index contributed by atoms with van der Waals surface area (Å²) < 4.78 is 15.6. The van der Waals surface area contributed by atoms with Gasteiger partial charge in [0.2, 0.25) is 6.10 Å². The number of rotatable bonds is 5.